The lowest BCUT2D eigenvalue weighted by Gasteiger charge is -2.38. The molecule has 0 spiro atoms. The predicted octanol–water partition coefficient (Wildman–Crippen LogP) is 2.66. The number of quaternary nitrogens is 1. The van der Waals surface area contributed by atoms with E-state index in [4.69, 9.17) is 4.74 Å². The van der Waals surface area contributed by atoms with Crippen LogP contribution in [0.15, 0.2) is 12.2 Å². The van der Waals surface area contributed by atoms with Gasteiger partial charge >= 0.3 is 0 Å². The van der Waals surface area contributed by atoms with Gasteiger partial charge in [0.1, 0.15) is 6.10 Å². The smallest absolute Gasteiger partial charge is 0.105 e. The Bertz CT molecular complexity index is 315. The summed E-state index contributed by atoms with van der Waals surface area (Å²) >= 11 is 0. The minimum absolute atomic E-state index is 0.119. The fourth-order valence-corrected chi connectivity index (χ4v) is 3.18. The van der Waals surface area contributed by atoms with Crippen LogP contribution in [-0.2, 0) is 4.74 Å². The molecule has 2 N–H and O–H groups in total. The van der Waals surface area contributed by atoms with Gasteiger partial charge in [-0.2, -0.15) is 7.05 Å². The van der Waals surface area contributed by atoms with Gasteiger partial charge in [0.05, 0.1) is 11.1 Å². The van der Waals surface area contributed by atoms with Gasteiger partial charge in [-0.15, -0.1) is 0 Å². The Morgan fingerprint density at radius 3 is 2.39 bits per heavy atom. The van der Waals surface area contributed by atoms with Gasteiger partial charge in [0.25, 0.3) is 0 Å². The third kappa shape index (κ3) is 2.80. The zero-order chi connectivity index (χ0) is 13.4. The number of hydrogen-bond donors (Lipinski definition) is 1. The largest absolute Gasteiger partial charge is 0.474 e. The van der Waals surface area contributed by atoms with Crippen LogP contribution in [0.2, 0.25) is 0 Å². The number of nitrogens with two attached hydrogens (primary N) is 1. The van der Waals surface area contributed by atoms with Gasteiger partial charge in [0.15, 0.2) is 0 Å². The van der Waals surface area contributed by atoms with Crippen LogP contribution in [0, 0.1) is 18.9 Å². The fraction of sp³-hybridized carbons (Fsp3) is 0.812. The van der Waals surface area contributed by atoms with Crippen LogP contribution >= 0.6 is 0 Å². The van der Waals surface area contributed by atoms with Crippen LogP contribution in [0.1, 0.15) is 53.4 Å². The van der Waals surface area contributed by atoms with Crippen LogP contribution in [0.25, 0.3) is 0 Å². The molecule has 1 saturated carbocycles. The third-order valence-corrected chi connectivity index (χ3v) is 4.99. The van der Waals surface area contributed by atoms with E-state index in [1.54, 1.807) is 0 Å². The number of ether oxygens (including phenoxy) is 1. The molecule has 2 nitrogen and oxygen atoms in total. The molecule has 0 radical (unpaired) electrons. The highest BCUT2D eigenvalue weighted by atomic mass is 16.6. The molecule has 0 aromatic rings. The highest BCUT2D eigenvalue weighted by Crippen LogP contribution is 2.50. The predicted molar refractivity (Wildman–Crippen MR) is 74.9 cm³/mol. The second-order valence-corrected chi connectivity index (χ2v) is 6.98. The van der Waals surface area contributed by atoms with Gasteiger partial charge in [-0.3, -0.25) is 0 Å². The minimum atomic E-state index is 0.119. The molecule has 2 heteroatoms. The van der Waals surface area contributed by atoms with Crippen LogP contribution < -0.4 is 5.32 Å². The molecule has 1 heterocycles. The van der Waals surface area contributed by atoms with Crippen molar-refractivity contribution >= 4 is 0 Å². The molecule has 2 atom stereocenters. The first-order valence-corrected chi connectivity index (χ1v) is 7.39. The summed E-state index contributed by atoms with van der Waals surface area (Å²) in [5.74, 6) is 1.35. The van der Waals surface area contributed by atoms with Crippen molar-refractivity contribution in [1.29, 1.82) is 0 Å². The Balaban J connectivity index is 1.88. The van der Waals surface area contributed by atoms with Crippen molar-refractivity contribution < 1.29 is 10.1 Å². The Labute approximate surface area is 112 Å². The topological polar surface area (TPSA) is 29.1 Å². The lowest BCUT2D eigenvalue weighted by molar-refractivity contribution is -0.676. The van der Waals surface area contributed by atoms with E-state index in [1.165, 1.54) is 25.7 Å². The molecular weight excluding hydrogens is 222 g/mol. The SMILES string of the molecule is [CH2-][NH2+]C1(C)CCC([C@@]2(C)O[C@@H]2/C=C/C(C)C)CC1. The summed E-state index contributed by atoms with van der Waals surface area (Å²) in [5, 5.41) is 2.15. The Morgan fingerprint density at radius 1 is 1.28 bits per heavy atom. The van der Waals surface area contributed by atoms with E-state index >= 15 is 0 Å². The Hall–Kier alpha value is -0.340. The highest BCUT2D eigenvalue weighted by molar-refractivity contribution is 5.14. The number of allylic oxidation sites excluding steroid dienone is 1. The maximum Gasteiger partial charge on any atom is 0.105 e. The van der Waals surface area contributed by atoms with Gasteiger partial charge in [-0.1, -0.05) is 26.0 Å². The lowest BCUT2D eigenvalue weighted by atomic mass is 9.72. The van der Waals surface area contributed by atoms with E-state index in [-0.39, 0.29) is 5.60 Å². The molecule has 2 fully saturated rings. The number of epoxide rings is 1. The molecule has 104 valence electrons. The van der Waals surface area contributed by atoms with Gasteiger partial charge in [0.2, 0.25) is 0 Å². The van der Waals surface area contributed by atoms with Gasteiger partial charge < -0.3 is 10.1 Å². The normalized spacial score (nSPS) is 44.8. The van der Waals surface area contributed by atoms with Crippen molar-refractivity contribution in [2.45, 2.75) is 70.6 Å². The van der Waals surface area contributed by atoms with Crippen molar-refractivity contribution in [3.8, 4) is 0 Å². The average molecular weight is 251 g/mol. The molecule has 2 rings (SSSR count). The maximum atomic E-state index is 5.98. The monoisotopic (exact) mass is 251 g/mol. The van der Waals surface area contributed by atoms with Crippen molar-refractivity contribution in [1.82, 2.24) is 0 Å². The third-order valence-electron chi connectivity index (χ3n) is 4.99. The molecule has 1 aliphatic carbocycles. The first-order valence-electron chi connectivity index (χ1n) is 7.39. The van der Waals surface area contributed by atoms with Gasteiger partial charge in [-0.25, -0.2) is 0 Å². The molecule has 0 bridgehead atoms. The van der Waals surface area contributed by atoms with E-state index < -0.39 is 0 Å². The van der Waals surface area contributed by atoms with Crippen molar-refractivity contribution in [3.05, 3.63) is 19.2 Å². The van der Waals surface area contributed by atoms with E-state index in [0.29, 0.717) is 17.6 Å². The highest BCUT2D eigenvalue weighted by Gasteiger charge is 2.57. The molecule has 0 amide bonds. The van der Waals surface area contributed by atoms with Crippen molar-refractivity contribution in [3.63, 3.8) is 0 Å². The van der Waals surface area contributed by atoms with Gasteiger partial charge in [0, 0.05) is 12.8 Å². The minimum Gasteiger partial charge on any atom is -0.474 e. The van der Waals surface area contributed by atoms with Crippen LogP contribution in [0.3, 0.4) is 0 Å². The van der Waals surface area contributed by atoms with Crippen molar-refractivity contribution in [2.75, 3.05) is 0 Å². The first-order chi connectivity index (χ1) is 8.39. The van der Waals surface area contributed by atoms with Crippen molar-refractivity contribution in [2.24, 2.45) is 11.8 Å². The molecule has 0 aromatic carbocycles. The number of hydrogen-bond acceptors (Lipinski definition) is 1. The molecule has 0 aromatic heterocycles. The Kier molecular flexibility index (Phi) is 3.89. The standard InChI is InChI=1S/C16H29NO/c1-12(2)6-7-14-16(4,18-14)13-8-10-15(3,17-5)11-9-13/h6-7,12-14H,5,8-11,17H2,1-4H3/b7-6+/t13?,14-,15?,16-/m1/s1. The maximum absolute atomic E-state index is 5.98. The summed E-state index contributed by atoms with van der Waals surface area (Å²) in [7, 11) is 3.98. The van der Waals surface area contributed by atoms with Gasteiger partial charge in [-0.05, 0) is 38.5 Å². The summed E-state index contributed by atoms with van der Waals surface area (Å²) in [5.41, 5.74) is 0.485. The first kappa shape index (κ1) is 14.1. The quantitative estimate of drug-likeness (QED) is 0.464. The van der Waals surface area contributed by atoms with E-state index in [1.807, 2.05) is 0 Å². The molecular formula is C16H29NO. The van der Waals surface area contributed by atoms with Crippen LogP contribution in [-0.4, -0.2) is 17.2 Å². The summed E-state index contributed by atoms with van der Waals surface area (Å²) in [6.07, 6.45) is 9.99. The number of rotatable bonds is 4. The second kappa shape index (κ2) is 4.97. The van der Waals surface area contributed by atoms with E-state index in [9.17, 15) is 0 Å². The summed E-state index contributed by atoms with van der Waals surface area (Å²) in [6, 6.07) is 0. The van der Waals surface area contributed by atoms with E-state index in [0.717, 1.165) is 5.92 Å². The van der Waals surface area contributed by atoms with Crippen LogP contribution in [0.5, 0.6) is 0 Å². The lowest BCUT2D eigenvalue weighted by Crippen LogP contribution is -2.91. The molecule has 0 unspecified atom stereocenters. The zero-order valence-corrected chi connectivity index (χ0v) is 12.4. The summed E-state index contributed by atoms with van der Waals surface area (Å²) < 4.78 is 5.98. The molecule has 1 aliphatic heterocycles. The molecule has 1 saturated heterocycles. The second-order valence-electron chi connectivity index (χ2n) is 6.98. The van der Waals surface area contributed by atoms with E-state index in [2.05, 4.69) is 52.2 Å². The molecule has 2 aliphatic rings. The molecule has 18 heavy (non-hydrogen) atoms. The Morgan fingerprint density at radius 2 is 1.89 bits per heavy atom. The zero-order valence-electron chi connectivity index (χ0n) is 12.4. The summed E-state index contributed by atoms with van der Waals surface area (Å²) in [4.78, 5) is 0. The summed E-state index contributed by atoms with van der Waals surface area (Å²) in [6.45, 7) is 9.06. The van der Waals surface area contributed by atoms with Crippen LogP contribution in [0.4, 0.5) is 0 Å². The average Bonchev–Trinajstić information content (AvgIpc) is 3.00. The fourth-order valence-electron chi connectivity index (χ4n) is 3.18.